The van der Waals surface area contributed by atoms with Gasteiger partial charge in [-0.25, -0.2) is 0 Å². The second kappa shape index (κ2) is 11.2. The standard InChI is InChI=1S/C48H33N/c1-3-13-32(14-4-1)34-24-26-48-46(31-34)44-21-11-12-22-47(44)49(48)38-28-36(33-15-5-2-6-16-33)27-37(29-38)35-23-25-43-41-19-8-7-17-39(41)40-18-9-10-20-42(40)45(43)30-35/h1-30,34H,31H2. The number of nitrogens with zero attached hydrogens (tertiary/aromatic N) is 1. The van der Waals surface area contributed by atoms with E-state index in [1.165, 1.54) is 88.0 Å². The maximum Gasteiger partial charge on any atom is 0.0537 e. The van der Waals surface area contributed by atoms with Crippen molar-refractivity contribution < 1.29 is 0 Å². The van der Waals surface area contributed by atoms with Gasteiger partial charge in [0.2, 0.25) is 0 Å². The molecule has 1 aromatic heterocycles. The number of hydrogen-bond acceptors (Lipinski definition) is 0. The Morgan fingerprint density at radius 2 is 0.959 bits per heavy atom. The van der Waals surface area contributed by atoms with Crippen molar-refractivity contribution >= 4 is 49.3 Å². The summed E-state index contributed by atoms with van der Waals surface area (Å²) in [5.74, 6) is 0.364. The fraction of sp³-hybridized carbons (Fsp3) is 0.0417. The van der Waals surface area contributed by atoms with Crippen LogP contribution in [0.3, 0.4) is 0 Å². The molecule has 8 aromatic carbocycles. The van der Waals surface area contributed by atoms with Crippen molar-refractivity contribution in [2.75, 3.05) is 0 Å². The van der Waals surface area contributed by atoms with Crippen LogP contribution < -0.4 is 0 Å². The highest BCUT2D eigenvalue weighted by molar-refractivity contribution is 6.25. The maximum atomic E-state index is 2.49. The van der Waals surface area contributed by atoms with Crippen LogP contribution in [-0.4, -0.2) is 4.57 Å². The SMILES string of the molecule is C1=CC(c2ccccc2)Cc2c1n(-c1cc(-c3ccccc3)cc(-c3ccc4c5ccccc5c5ccccc5c4c3)c1)c1ccccc21. The van der Waals surface area contributed by atoms with E-state index in [4.69, 9.17) is 0 Å². The second-order valence-corrected chi connectivity index (χ2v) is 13.3. The van der Waals surface area contributed by atoms with Crippen LogP contribution in [0.15, 0.2) is 176 Å². The largest absolute Gasteiger partial charge is 0.310 e. The quantitative estimate of drug-likeness (QED) is 0.172. The Labute approximate surface area is 286 Å². The number of rotatable bonds is 4. The number of aromatic nitrogens is 1. The molecule has 0 spiro atoms. The lowest BCUT2D eigenvalue weighted by molar-refractivity contribution is 0.825. The Balaban J connectivity index is 1.21. The van der Waals surface area contributed by atoms with Crippen molar-refractivity contribution in [3.63, 3.8) is 0 Å². The lowest BCUT2D eigenvalue weighted by atomic mass is 9.87. The minimum absolute atomic E-state index is 0.364. The molecule has 0 amide bonds. The first-order chi connectivity index (χ1) is 24.3. The van der Waals surface area contributed by atoms with Crippen LogP contribution >= 0.6 is 0 Å². The van der Waals surface area contributed by atoms with Gasteiger partial charge in [0.1, 0.15) is 0 Å². The predicted octanol–water partition coefficient (Wildman–Crippen LogP) is 12.8. The molecule has 1 atom stereocenters. The molecule has 10 rings (SSSR count). The van der Waals surface area contributed by atoms with E-state index in [0.717, 1.165) is 6.42 Å². The van der Waals surface area contributed by atoms with Gasteiger partial charge >= 0.3 is 0 Å². The fourth-order valence-electron chi connectivity index (χ4n) is 8.21. The summed E-state index contributed by atoms with van der Waals surface area (Å²) in [6, 6.07) is 62.4. The Morgan fingerprint density at radius 1 is 0.408 bits per heavy atom. The summed E-state index contributed by atoms with van der Waals surface area (Å²) >= 11 is 0. The van der Waals surface area contributed by atoms with Crippen molar-refractivity contribution in [2.45, 2.75) is 12.3 Å². The lowest BCUT2D eigenvalue weighted by Gasteiger charge is -2.20. The van der Waals surface area contributed by atoms with Gasteiger partial charge in [-0.2, -0.15) is 0 Å². The number of allylic oxidation sites excluding steroid dienone is 1. The molecule has 230 valence electrons. The van der Waals surface area contributed by atoms with Gasteiger partial charge in [0.05, 0.1) is 5.52 Å². The third-order valence-electron chi connectivity index (χ3n) is 10.5. The van der Waals surface area contributed by atoms with Crippen molar-refractivity contribution in [1.82, 2.24) is 4.57 Å². The van der Waals surface area contributed by atoms with Crippen LogP contribution in [0.5, 0.6) is 0 Å². The minimum atomic E-state index is 0.364. The van der Waals surface area contributed by atoms with Crippen LogP contribution in [-0.2, 0) is 6.42 Å². The Kier molecular flexibility index (Phi) is 6.38. The average molecular weight is 624 g/mol. The topological polar surface area (TPSA) is 4.93 Å². The van der Waals surface area contributed by atoms with E-state index >= 15 is 0 Å². The summed E-state index contributed by atoms with van der Waals surface area (Å²) in [6.07, 6.45) is 5.74. The van der Waals surface area contributed by atoms with Gasteiger partial charge in [0.15, 0.2) is 0 Å². The molecular weight excluding hydrogens is 591 g/mol. The second-order valence-electron chi connectivity index (χ2n) is 13.3. The normalized spacial score (nSPS) is 14.2. The molecule has 1 aliphatic rings. The highest BCUT2D eigenvalue weighted by atomic mass is 15.0. The molecule has 1 nitrogen and oxygen atoms in total. The van der Waals surface area contributed by atoms with Gasteiger partial charge in [-0.05, 0) is 109 Å². The molecule has 0 aliphatic heterocycles. The van der Waals surface area contributed by atoms with Crippen molar-refractivity contribution in [1.29, 1.82) is 0 Å². The summed E-state index contributed by atoms with van der Waals surface area (Å²) < 4.78 is 2.49. The van der Waals surface area contributed by atoms with Crippen LogP contribution in [0.4, 0.5) is 0 Å². The molecular formula is C48H33N. The molecule has 1 heteroatoms. The van der Waals surface area contributed by atoms with E-state index in [9.17, 15) is 0 Å². The smallest absolute Gasteiger partial charge is 0.0537 e. The molecule has 0 saturated carbocycles. The van der Waals surface area contributed by atoms with E-state index < -0.39 is 0 Å². The summed E-state index contributed by atoms with van der Waals surface area (Å²) in [5, 5.41) is 9.11. The fourth-order valence-corrected chi connectivity index (χ4v) is 8.21. The average Bonchev–Trinajstić information content (AvgIpc) is 3.52. The zero-order chi connectivity index (χ0) is 32.3. The highest BCUT2D eigenvalue weighted by Gasteiger charge is 2.24. The van der Waals surface area contributed by atoms with Gasteiger partial charge in [-0.1, -0.05) is 146 Å². The van der Waals surface area contributed by atoms with E-state index in [0.29, 0.717) is 5.92 Å². The summed E-state index contributed by atoms with van der Waals surface area (Å²) in [5.41, 5.74) is 11.4. The van der Waals surface area contributed by atoms with E-state index in [2.05, 4.69) is 187 Å². The zero-order valence-corrected chi connectivity index (χ0v) is 27.1. The molecule has 0 N–H and O–H groups in total. The van der Waals surface area contributed by atoms with Gasteiger partial charge in [-0.15, -0.1) is 0 Å². The predicted molar refractivity (Wildman–Crippen MR) is 209 cm³/mol. The molecule has 0 bridgehead atoms. The molecule has 0 radical (unpaired) electrons. The van der Waals surface area contributed by atoms with Crippen molar-refractivity contribution in [3.8, 4) is 27.9 Å². The van der Waals surface area contributed by atoms with E-state index in [1.807, 2.05) is 0 Å². The van der Waals surface area contributed by atoms with Crippen molar-refractivity contribution in [3.05, 3.63) is 193 Å². The first kappa shape index (κ1) is 27.9. The molecule has 1 heterocycles. The van der Waals surface area contributed by atoms with Gasteiger partial charge < -0.3 is 4.57 Å². The monoisotopic (exact) mass is 623 g/mol. The highest BCUT2D eigenvalue weighted by Crippen LogP contribution is 2.41. The van der Waals surface area contributed by atoms with Gasteiger partial charge in [-0.3, -0.25) is 0 Å². The molecule has 9 aromatic rings. The third kappa shape index (κ3) is 4.54. The summed E-state index contributed by atoms with van der Waals surface area (Å²) in [4.78, 5) is 0. The van der Waals surface area contributed by atoms with Gasteiger partial charge in [0, 0.05) is 22.7 Å². The molecule has 0 saturated heterocycles. The Hall–Kier alpha value is -6.18. The first-order valence-corrected chi connectivity index (χ1v) is 17.2. The number of hydrogen-bond donors (Lipinski definition) is 0. The van der Waals surface area contributed by atoms with Crippen LogP contribution in [0.25, 0.3) is 77.2 Å². The lowest BCUT2D eigenvalue weighted by Crippen LogP contribution is -2.07. The van der Waals surface area contributed by atoms with Crippen LogP contribution in [0, 0.1) is 0 Å². The third-order valence-corrected chi connectivity index (χ3v) is 10.5. The van der Waals surface area contributed by atoms with Gasteiger partial charge in [0.25, 0.3) is 0 Å². The maximum absolute atomic E-state index is 2.49. The summed E-state index contributed by atoms with van der Waals surface area (Å²) in [7, 11) is 0. The number of para-hydroxylation sites is 1. The van der Waals surface area contributed by atoms with Crippen molar-refractivity contribution in [2.24, 2.45) is 0 Å². The van der Waals surface area contributed by atoms with E-state index in [1.54, 1.807) is 0 Å². The molecule has 49 heavy (non-hydrogen) atoms. The van der Waals surface area contributed by atoms with E-state index in [-0.39, 0.29) is 0 Å². The van der Waals surface area contributed by atoms with Crippen LogP contribution in [0.1, 0.15) is 22.7 Å². The zero-order valence-electron chi connectivity index (χ0n) is 27.1. The number of fused-ring (bicyclic) bond motifs is 9. The minimum Gasteiger partial charge on any atom is -0.310 e. The molecule has 1 aliphatic carbocycles. The van der Waals surface area contributed by atoms with Crippen LogP contribution in [0.2, 0.25) is 0 Å². The Bertz CT molecular complexity index is 2690. The Morgan fingerprint density at radius 3 is 1.65 bits per heavy atom. The first-order valence-electron chi connectivity index (χ1n) is 17.2. The number of benzene rings is 8. The summed E-state index contributed by atoms with van der Waals surface area (Å²) in [6.45, 7) is 0. The molecule has 1 unspecified atom stereocenters. The molecule has 0 fully saturated rings.